The van der Waals surface area contributed by atoms with Gasteiger partial charge in [-0.1, -0.05) is 19.1 Å². The third-order valence-electron chi connectivity index (χ3n) is 4.32. The molecule has 1 amide bonds. The topological polar surface area (TPSA) is 69.8 Å². The molecular weight excluding hydrogens is 288 g/mol. The fraction of sp³-hybridized carbons (Fsp3) is 0.444. The molecule has 0 saturated heterocycles. The van der Waals surface area contributed by atoms with Gasteiger partial charge in [-0.05, 0) is 48.9 Å². The van der Waals surface area contributed by atoms with Gasteiger partial charge in [0.25, 0.3) is 5.91 Å². The Morgan fingerprint density at radius 2 is 2.35 bits per heavy atom. The minimum absolute atomic E-state index is 0.00206. The molecule has 122 valence electrons. The molecule has 2 aromatic rings. The van der Waals surface area contributed by atoms with Crippen LogP contribution in [-0.2, 0) is 13.0 Å². The number of carbonyl (C=O) groups is 1. The number of hydrogen-bond donors (Lipinski definition) is 3. The predicted octanol–water partition coefficient (Wildman–Crippen LogP) is 2.72. The van der Waals surface area contributed by atoms with E-state index in [1.54, 1.807) is 0 Å². The van der Waals surface area contributed by atoms with Gasteiger partial charge >= 0.3 is 0 Å². The van der Waals surface area contributed by atoms with Crippen molar-refractivity contribution in [1.82, 2.24) is 20.8 Å². The third-order valence-corrected chi connectivity index (χ3v) is 4.32. The van der Waals surface area contributed by atoms with Gasteiger partial charge in [0.05, 0.1) is 11.9 Å². The number of aromatic amines is 1. The van der Waals surface area contributed by atoms with Crippen LogP contribution in [0.2, 0.25) is 0 Å². The number of hydrogen-bond acceptors (Lipinski definition) is 3. The highest BCUT2D eigenvalue weighted by Gasteiger charge is 2.21. The highest BCUT2D eigenvalue weighted by atomic mass is 16.1. The van der Waals surface area contributed by atoms with E-state index in [1.165, 1.54) is 17.7 Å². The van der Waals surface area contributed by atoms with Crippen LogP contribution in [0.15, 0.2) is 30.5 Å². The quantitative estimate of drug-likeness (QED) is 0.768. The number of carbonyl (C=O) groups excluding carboxylic acids is 1. The first-order valence-electron chi connectivity index (χ1n) is 8.40. The molecule has 3 N–H and O–H groups in total. The van der Waals surface area contributed by atoms with Crippen molar-refractivity contribution >= 4 is 5.91 Å². The van der Waals surface area contributed by atoms with Crippen LogP contribution in [0.3, 0.4) is 0 Å². The van der Waals surface area contributed by atoms with Gasteiger partial charge in [-0.3, -0.25) is 9.89 Å². The lowest BCUT2D eigenvalue weighted by Crippen LogP contribution is -2.26. The Bertz CT molecular complexity index is 665. The SMILES string of the molecule is CCCNC(=O)c1cccc(CNC2CCCc3cn[nH]c32)c1. The summed E-state index contributed by atoms with van der Waals surface area (Å²) in [4.78, 5) is 12.0. The number of rotatable bonds is 6. The summed E-state index contributed by atoms with van der Waals surface area (Å²) in [6.45, 7) is 3.51. The largest absolute Gasteiger partial charge is 0.352 e. The lowest BCUT2D eigenvalue weighted by Gasteiger charge is -2.23. The number of aromatic nitrogens is 2. The predicted molar refractivity (Wildman–Crippen MR) is 90.2 cm³/mol. The molecule has 1 atom stereocenters. The number of nitrogens with zero attached hydrogens (tertiary/aromatic N) is 1. The molecule has 5 heteroatoms. The van der Waals surface area contributed by atoms with Crippen LogP contribution in [0, 0.1) is 0 Å². The van der Waals surface area contributed by atoms with Crippen molar-refractivity contribution in [3.05, 3.63) is 52.8 Å². The molecule has 0 aliphatic heterocycles. The van der Waals surface area contributed by atoms with E-state index < -0.39 is 0 Å². The fourth-order valence-electron chi connectivity index (χ4n) is 3.07. The van der Waals surface area contributed by atoms with Crippen LogP contribution in [-0.4, -0.2) is 22.6 Å². The normalized spacial score (nSPS) is 16.8. The summed E-state index contributed by atoms with van der Waals surface area (Å²) in [6, 6.07) is 8.15. The van der Waals surface area contributed by atoms with Crippen molar-refractivity contribution in [2.75, 3.05) is 6.54 Å². The number of nitrogens with one attached hydrogen (secondary N) is 3. The monoisotopic (exact) mass is 312 g/mol. The maximum Gasteiger partial charge on any atom is 0.251 e. The Labute approximate surface area is 136 Å². The maximum atomic E-state index is 12.0. The first kappa shape index (κ1) is 15.7. The number of H-pyrrole nitrogens is 1. The Morgan fingerprint density at radius 1 is 1.43 bits per heavy atom. The van der Waals surface area contributed by atoms with Crippen LogP contribution in [0.4, 0.5) is 0 Å². The van der Waals surface area contributed by atoms with Crippen LogP contribution in [0.5, 0.6) is 0 Å². The molecule has 0 spiro atoms. The second-order valence-corrected chi connectivity index (χ2v) is 6.09. The van der Waals surface area contributed by atoms with Crippen LogP contribution in [0.1, 0.15) is 59.4 Å². The number of benzene rings is 1. The zero-order valence-corrected chi connectivity index (χ0v) is 13.6. The Balaban J connectivity index is 1.62. The molecule has 5 nitrogen and oxygen atoms in total. The average molecular weight is 312 g/mol. The van der Waals surface area contributed by atoms with Gasteiger partial charge in [-0.2, -0.15) is 5.10 Å². The summed E-state index contributed by atoms with van der Waals surface area (Å²) >= 11 is 0. The molecule has 0 saturated carbocycles. The third kappa shape index (κ3) is 3.79. The van der Waals surface area contributed by atoms with Crippen molar-refractivity contribution in [2.45, 2.75) is 45.2 Å². The van der Waals surface area contributed by atoms with Crippen molar-refractivity contribution in [2.24, 2.45) is 0 Å². The molecule has 3 rings (SSSR count). The molecule has 1 unspecified atom stereocenters. The fourth-order valence-corrected chi connectivity index (χ4v) is 3.07. The Morgan fingerprint density at radius 3 is 3.22 bits per heavy atom. The summed E-state index contributed by atoms with van der Waals surface area (Å²) in [7, 11) is 0. The first-order valence-corrected chi connectivity index (χ1v) is 8.40. The highest BCUT2D eigenvalue weighted by molar-refractivity contribution is 5.94. The lowest BCUT2D eigenvalue weighted by atomic mass is 9.93. The van der Waals surface area contributed by atoms with Crippen LogP contribution < -0.4 is 10.6 Å². The molecule has 0 fully saturated rings. The van der Waals surface area contributed by atoms with Crippen molar-refractivity contribution in [3.8, 4) is 0 Å². The van der Waals surface area contributed by atoms with E-state index >= 15 is 0 Å². The van der Waals surface area contributed by atoms with Crippen molar-refractivity contribution < 1.29 is 4.79 Å². The second kappa shape index (κ2) is 7.42. The molecule has 0 bridgehead atoms. The zero-order valence-electron chi connectivity index (χ0n) is 13.6. The van der Waals surface area contributed by atoms with E-state index in [1.807, 2.05) is 24.4 Å². The average Bonchev–Trinajstić information content (AvgIpc) is 3.07. The minimum atomic E-state index is 0.00206. The van der Waals surface area contributed by atoms with Crippen molar-refractivity contribution in [1.29, 1.82) is 0 Å². The number of aryl methyl sites for hydroxylation is 1. The molecule has 1 heterocycles. The molecule has 1 aliphatic carbocycles. The molecule has 1 aromatic heterocycles. The highest BCUT2D eigenvalue weighted by Crippen LogP contribution is 2.27. The molecule has 1 aromatic carbocycles. The standard InChI is InChI=1S/C18H24N4O/c1-2-9-19-18(23)14-6-3-5-13(10-14)11-20-16-8-4-7-15-12-21-22-17(15)16/h3,5-6,10,12,16,20H,2,4,7-9,11H2,1H3,(H,19,23)(H,21,22). The Hall–Kier alpha value is -2.14. The molecular formula is C18H24N4O. The lowest BCUT2D eigenvalue weighted by molar-refractivity contribution is 0.0953. The summed E-state index contributed by atoms with van der Waals surface area (Å²) in [5.74, 6) is 0.00206. The van der Waals surface area contributed by atoms with E-state index in [4.69, 9.17) is 0 Å². The minimum Gasteiger partial charge on any atom is -0.352 e. The van der Waals surface area contributed by atoms with E-state index in [2.05, 4.69) is 33.8 Å². The van der Waals surface area contributed by atoms with E-state index in [9.17, 15) is 4.79 Å². The van der Waals surface area contributed by atoms with Crippen LogP contribution >= 0.6 is 0 Å². The summed E-state index contributed by atoms with van der Waals surface area (Å²) in [5.41, 5.74) is 4.39. The van der Waals surface area contributed by atoms with Gasteiger partial charge < -0.3 is 10.6 Å². The van der Waals surface area contributed by atoms with Gasteiger partial charge in [-0.25, -0.2) is 0 Å². The first-order chi connectivity index (χ1) is 11.3. The van der Waals surface area contributed by atoms with Gasteiger partial charge in [-0.15, -0.1) is 0 Å². The summed E-state index contributed by atoms with van der Waals surface area (Å²) in [6.07, 6.45) is 6.29. The summed E-state index contributed by atoms with van der Waals surface area (Å²) in [5, 5.41) is 13.8. The maximum absolute atomic E-state index is 12.0. The Kier molecular flexibility index (Phi) is 5.08. The van der Waals surface area contributed by atoms with E-state index in [0.29, 0.717) is 12.6 Å². The number of fused-ring (bicyclic) bond motifs is 1. The molecule has 23 heavy (non-hydrogen) atoms. The second-order valence-electron chi connectivity index (χ2n) is 6.09. The zero-order chi connectivity index (χ0) is 16.1. The summed E-state index contributed by atoms with van der Waals surface area (Å²) < 4.78 is 0. The molecule has 1 aliphatic rings. The van der Waals surface area contributed by atoms with Crippen LogP contribution in [0.25, 0.3) is 0 Å². The van der Waals surface area contributed by atoms with E-state index in [-0.39, 0.29) is 5.91 Å². The van der Waals surface area contributed by atoms with Gasteiger partial charge in [0, 0.05) is 24.7 Å². The molecule has 0 radical (unpaired) electrons. The van der Waals surface area contributed by atoms with Gasteiger partial charge in [0.1, 0.15) is 0 Å². The van der Waals surface area contributed by atoms with Gasteiger partial charge in [0.2, 0.25) is 0 Å². The number of amides is 1. The van der Waals surface area contributed by atoms with Gasteiger partial charge in [0.15, 0.2) is 0 Å². The van der Waals surface area contributed by atoms with E-state index in [0.717, 1.165) is 36.9 Å². The smallest absolute Gasteiger partial charge is 0.251 e. The van der Waals surface area contributed by atoms with Crippen molar-refractivity contribution in [3.63, 3.8) is 0 Å².